The summed E-state index contributed by atoms with van der Waals surface area (Å²) in [4.78, 5) is 17.2. The number of nitrogens with zero attached hydrogens (tertiary/aromatic N) is 1. The Hall–Kier alpha value is -1.92. The first-order valence-electron chi connectivity index (χ1n) is 5.82. The zero-order chi connectivity index (χ0) is 14.1. The smallest absolute Gasteiger partial charge is 0.270 e. The quantitative estimate of drug-likeness (QED) is 0.681. The predicted molar refractivity (Wildman–Crippen MR) is 82.8 cm³/mol. The molecule has 100 valence electrons. The van der Waals surface area contributed by atoms with Crippen LogP contribution in [0.15, 0.2) is 47.5 Å². The molecule has 2 aromatic rings. The van der Waals surface area contributed by atoms with Crippen molar-refractivity contribution >= 4 is 46.0 Å². The van der Waals surface area contributed by atoms with Crippen LogP contribution in [0.4, 0.5) is 10.1 Å². The molecule has 0 unspecified atom stereocenters. The maximum Gasteiger partial charge on any atom is 0.270 e. The number of amides is 1. The van der Waals surface area contributed by atoms with Crippen LogP contribution in [-0.4, -0.2) is 15.2 Å². The normalized spacial score (nSPS) is 17.2. The summed E-state index contributed by atoms with van der Waals surface area (Å²) in [5, 5.41) is 0. The molecule has 0 spiro atoms. The Morgan fingerprint density at radius 1 is 1.30 bits per heavy atom. The molecule has 2 heterocycles. The van der Waals surface area contributed by atoms with E-state index in [1.54, 1.807) is 24.4 Å². The summed E-state index contributed by atoms with van der Waals surface area (Å²) < 4.78 is 13.7. The molecular formula is C14H9FN2OS2. The maximum absolute atomic E-state index is 13.3. The number of carbonyl (C=O) groups is 1. The molecule has 1 aromatic carbocycles. The molecule has 1 N–H and O–H groups in total. The van der Waals surface area contributed by atoms with E-state index in [0.29, 0.717) is 14.9 Å². The number of anilines is 1. The Morgan fingerprint density at radius 3 is 2.85 bits per heavy atom. The standard InChI is InChI=1S/C14H9FN2OS2/c15-9-3-1-5-11(7-9)17-13(18)12(20-14(17)19)8-10-4-2-6-16-10/h1-8,16H/b12-8+. The lowest BCUT2D eigenvalue weighted by atomic mass is 10.2. The Kier molecular flexibility index (Phi) is 3.42. The molecule has 0 radical (unpaired) electrons. The number of halogens is 1. The fourth-order valence-corrected chi connectivity index (χ4v) is 3.17. The van der Waals surface area contributed by atoms with Crippen LogP contribution in [0.3, 0.4) is 0 Å². The van der Waals surface area contributed by atoms with Crippen molar-refractivity contribution in [1.29, 1.82) is 0 Å². The molecular weight excluding hydrogens is 295 g/mol. The van der Waals surface area contributed by atoms with E-state index in [4.69, 9.17) is 12.2 Å². The number of aromatic amines is 1. The molecule has 1 aliphatic heterocycles. The third-order valence-electron chi connectivity index (χ3n) is 2.77. The lowest BCUT2D eigenvalue weighted by molar-refractivity contribution is -0.113. The number of hydrogen-bond donors (Lipinski definition) is 1. The third kappa shape index (κ3) is 2.39. The van der Waals surface area contributed by atoms with Gasteiger partial charge in [-0.15, -0.1) is 0 Å². The average Bonchev–Trinajstić information content (AvgIpc) is 2.99. The number of nitrogens with one attached hydrogen (secondary N) is 1. The van der Waals surface area contributed by atoms with E-state index < -0.39 is 5.82 Å². The van der Waals surface area contributed by atoms with E-state index in [2.05, 4.69) is 4.98 Å². The minimum atomic E-state index is -0.398. The van der Waals surface area contributed by atoms with Gasteiger partial charge in [0.05, 0.1) is 10.6 Å². The lowest BCUT2D eigenvalue weighted by Crippen LogP contribution is -2.27. The maximum atomic E-state index is 13.3. The molecule has 1 amide bonds. The van der Waals surface area contributed by atoms with Gasteiger partial charge in [0, 0.05) is 11.9 Å². The highest BCUT2D eigenvalue weighted by Gasteiger charge is 2.33. The van der Waals surface area contributed by atoms with Crippen LogP contribution in [-0.2, 0) is 4.79 Å². The van der Waals surface area contributed by atoms with Gasteiger partial charge in [-0.05, 0) is 36.4 Å². The van der Waals surface area contributed by atoms with Crippen molar-refractivity contribution in [3.8, 4) is 0 Å². The molecule has 3 rings (SSSR count). The van der Waals surface area contributed by atoms with Crippen LogP contribution < -0.4 is 4.90 Å². The van der Waals surface area contributed by atoms with Crippen molar-refractivity contribution < 1.29 is 9.18 Å². The summed E-state index contributed by atoms with van der Waals surface area (Å²) in [5.41, 5.74) is 1.27. The van der Waals surface area contributed by atoms with Crippen molar-refractivity contribution in [2.45, 2.75) is 0 Å². The Bertz CT molecular complexity index is 710. The van der Waals surface area contributed by atoms with E-state index in [-0.39, 0.29) is 5.91 Å². The number of aromatic nitrogens is 1. The van der Waals surface area contributed by atoms with Crippen LogP contribution in [0.5, 0.6) is 0 Å². The minimum Gasteiger partial charge on any atom is -0.362 e. The topological polar surface area (TPSA) is 36.1 Å². The van der Waals surface area contributed by atoms with Crippen LogP contribution in [0, 0.1) is 5.82 Å². The van der Waals surface area contributed by atoms with Gasteiger partial charge in [-0.25, -0.2) is 4.39 Å². The van der Waals surface area contributed by atoms with Gasteiger partial charge < -0.3 is 4.98 Å². The number of thioether (sulfide) groups is 1. The first kappa shape index (κ1) is 13.1. The summed E-state index contributed by atoms with van der Waals surface area (Å²) in [6.07, 6.45) is 3.51. The van der Waals surface area contributed by atoms with Gasteiger partial charge in [-0.1, -0.05) is 30.0 Å². The molecule has 1 aromatic heterocycles. The molecule has 0 saturated carbocycles. The summed E-state index contributed by atoms with van der Waals surface area (Å²) >= 11 is 6.42. The number of H-pyrrole nitrogens is 1. The Labute approximate surface area is 124 Å². The largest absolute Gasteiger partial charge is 0.362 e. The van der Waals surface area contributed by atoms with Gasteiger partial charge in [0.2, 0.25) is 0 Å². The van der Waals surface area contributed by atoms with Crippen molar-refractivity contribution in [3.63, 3.8) is 0 Å². The number of carbonyl (C=O) groups excluding carboxylic acids is 1. The predicted octanol–water partition coefficient (Wildman–Crippen LogP) is 3.56. The second-order valence-corrected chi connectivity index (χ2v) is 5.80. The second-order valence-electron chi connectivity index (χ2n) is 4.12. The number of hydrogen-bond acceptors (Lipinski definition) is 3. The van der Waals surface area contributed by atoms with Crippen LogP contribution in [0.25, 0.3) is 6.08 Å². The first-order chi connectivity index (χ1) is 9.65. The molecule has 0 bridgehead atoms. The Balaban J connectivity index is 1.95. The van der Waals surface area contributed by atoms with E-state index in [1.807, 2.05) is 12.1 Å². The van der Waals surface area contributed by atoms with Crippen molar-refractivity contribution in [2.75, 3.05) is 4.90 Å². The van der Waals surface area contributed by atoms with Crippen molar-refractivity contribution in [1.82, 2.24) is 4.98 Å². The van der Waals surface area contributed by atoms with Crippen molar-refractivity contribution in [3.05, 3.63) is 59.0 Å². The summed E-state index contributed by atoms with van der Waals surface area (Å²) in [6, 6.07) is 9.54. The molecule has 3 nitrogen and oxygen atoms in total. The van der Waals surface area contributed by atoms with Gasteiger partial charge in [0.15, 0.2) is 4.32 Å². The molecule has 1 fully saturated rings. The highest BCUT2D eigenvalue weighted by atomic mass is 32.2. The molecule has 0 atom stereocenters. The van der Waals surface area contributed by atoms with E-state index in [0.717, 1.165) is 5.69 Å². The monoisotopic (exact) mass is 304 g/mol. The van der Waals surface area contributed by atoms with Gasteiger partial charge >= 0.3 is 0 Å². The highest BCUT2D eigenvalue weighted by Crippen LogP contribution is 2.35. The zero-order valence-corrected chi connectivity index (χ0v) is 11.8. The molecule has 1 saturated heterocycles. The molecule has 0 aliphatic carbocycles. The first-order valence-corrected chi connectivity index (χ1v) is 7.04. The fourth-order valence-electron chi connectivity index (χ4n) is 1.88. The number of benzene rings is 1. The van der Waals surface area contributed by atoms with Gasteiger partial charge in [0.25, 0.3) is 5.91 Å². The number of rotatable bonds is 2. The highest BCUT2D eigenvalue weighted by molar-refractivity contribution is 8.27. The van der Waals surface area contributed by atoms with Crippen LogP contribution in [0.2, 0.25) is 0 Å². The van der Waals surface area contributed by atoms with Gasteiger partial charge in [-0.3, -0.25) is 9.69 Å². The van der Waals surface area contributed by atoms with Crippen molar-refractivity contribution in [2.24, 2.45) is 0 Å². The third-order valence-corrected chi connectivity index (χ3v) is 4.07. The molecule has 20 heavy (non-hydrogen) atoms. The van der Waals surface area contributed by atoms with E-state index in [9.17, 15) is 9.18 Å². The summed E-state index contributed by atoms with van der Waals surface area (Å²) in [6.45, 7) is 0. The summed E-state index contributed by atoms with van der Waals surface area (Å²) in [5.74, 6) is -0.634. The van der Waals surface area contributed by atoms with Crippen LogP contribution >= 0.6 is 24.0 Å². The van der Waals surface area contributed by atoms with Gasteiger partial charge in [0.1, 0.15) is 5.82 Å². The summed E-state index contributed by atoms with van der Waals surface area (Å²) in [7, 11) is 0. The Morgan fingerprint density at radius 2 is 2.15 bits per heavy atom. The second kappa shape index (κ2) is 5.22. The SMILES string of the molecule is O=C1/C(=C\c2ccc[nH]2)SC(=S)N1c1cccc(F)c1. The molecule has 6 heteroatoms. The van der Waals surface area contributed by atoms with E-state index in [1.165, 1.54) is 28.8 Å². The fraction of sp³-hybridized carbons (Fsp3) is 0. The van der Waals surface area contributed by atoms with Crippen LogP contribution in [0.1, 0.15) is 5.69 Å². The number of thiocarbonyl (C=S) groups is 1. The average molecular weight is 304 g/mol. The van der Waals surface area contributed by atoms with Gasteiger partial charge in [-0.2, -0.15) is 0 Å². The zero-order valence-electron chi connectivity index (χ0n) is 10.2. The minimum absolute atomic E-state index is 0.236. The lowest BCUT2D eigenvalue weighted by Gasteiger charge is -2.14. The van der Waals surface area contributed by atoms with E-state index >= 15 is 0 Å². The molecule has 1 aliphatic rings.